The topological polar surface area (TPSA) is 59.5 Å². The summed E-state index contributed by atoms with van der Waals surface area (Å²) in [5.74, 6) is 2.50. The van der Waals surface area contributed by atoms with Crippen LogP contribution in [0, 0.1) is 0 Å². The van der Waals surface area contributed by atoms with Crippen molar-refractivity contribution in [3.05, 3.63) is 11.9 Å². The smallest absolute Gasteiger partial charge is 0.158 e. The Kier molecular flexibility index (Phi) is 4.72. The predicted octanol–water partition coefficient (Wildman–Crippen LogP) is 0.891. The highest BCUT2D eigenvalue weighted by molar-refractivity contribution is 5.49. The number of aromatic nitrogens is 2. The fourth-order valence-electron chi connectivity index (χ4n) is 1.90. The van der Waals surface area contributed by atoms with E-state index in [0.29, 0.717) is 12.4 Å². The molecule has 1 aliphatic heterocycles. The van der Waals surface area contributed by atoms with Crippen LogP contribution in [-0.4, -0.2) is 49.9 Å². The third-order valence-electron chi connectivity index (χ3n) is 2.73. The molecule has 1 saturated heterocycles. The standard InChI is InChI=1S/C12H20N4O2/c1-3-13-10-8-12(15-11(14-10)9-17-2)16-4-6-18-7-5-16/h8H,3-7,9H2,1-2H3,(H,13,14,15). The summed E-state index contributed by atoms with van der Waals surface area (Å²) in [7, 11) is 1.65. The van der Waals surface area contributed by atoms with Crippen LogP contribution in [0.1, 0.15) is 12.7 Å². The summed E-state index contributed by atoms with van der Waals surface area (Å²) in [5.41, 5.74) is 0. The molecule has 1 N–H and O–H groups in total. The zero-order chi connectivity index (χ0) is 12.8. The van der Waals surface area contributed by atoms with Gasteiger partial charge in [-0.2, -0.15) is 0 Å². The maximum Gasteiger partial charge on any atom is 0.158 e. The van der Waals surface area contributed by atoms with E-state index in [0.717, 1.165) is 44.5 Å². The minimum Gasteiger partial charge on any atom is -0.378 e. The largest absolute Gasteiger partial charge is 0.378 e. The quantitative estimate of drug-likeness (QED) is 0.840. The minimum atomic E-state index is 0.427. The summed E-state index contributed by atoms with van der Waals surface area (Å²) < 4.78 is 10.5. The van der Waals surface area contributed by atoms with Crippen molar-refractivity contribution >= 4 is 11.6 Å². The van der Waals surface area contributed by atoms with Gasteiger partial charge in [-0.3, -0.25) is 0 Å². The van der Waals surface area contributed by atoms with E-state index >= 15 is 0 Å². The van der Waals surface area contributed by atoms with Crippen LogP contribution in [0.2, 0.25) is 0 Å². The van der Waals surface area contributed by atoms with Gasteiger partial charge in [-0.15, -0.1) is 0 Å². The van der Waals surface area contributed by atoms with E-state index in [1.54, 1.807) is 7.11 Å². The van der Waals surface area contributed by atoms with E-state index < -0.39 is 0 Å². The van der Waals surface area contributed by atoms with Crippen molar-refractivity contribution in [2.24, 2.45) is 0 Å². The molecule has 100 valence electrons. The third kappa shape index (κ3) is 3.30. The van der Waals surface area contributed by atoms with E-state index in [4.69, 9.17) is 9.47 Å². The molecule has 1 fully saturated rings. The molecular formula is C12H20N4O2. The number of rotatable bonds is 5. The molecule has 6 heteroatoms. The van der Waals surface area contributed by atoms with Crippen LogP contribution < -0.4 is 10.2 Å². The number of hydrogen-bond donors (Lipinski definition) is 1. The van der Waals surface area contributed by atoms with Gasteiger partial charge in [0.1, 0.15) is 18.2 Å². The maximum atomic E-state index is 5.35. The molecule has 0 amide bonds. The Morgan fingerprint density at radius 1 is 1.39 bits per heavy atom. The van der Waals surface area contributed by atoms with Gasteiger partial charge in [0.2, 0.25) is 0 Å². The van der Waals surface area contributed by atoms with Gasteiger partial charge in [-0.05, 0) is 6.92 Å². The number of methoxy groups -OCH3 is 1. The Morgan fingerprint density at radius 2 is 2.17 bits per heavy atom. The van der Waals surface area contributed by atoms with Crippen LogP contribution in [0.5, 0.6) is 0 Å². The van der Waals surface area contributed by atoms with Crippen molar-refractivity contribution in [3.8, 4) is 0 Å². The van der Waals surface area contributed by atoms with Gasteiger partial charge in [0.15, 0.2) is 5.82 Å². The van der Waals surface area contributed by atoms with Gasteiger partial charge < -0.3 is 19.7 Å². The molecule has 1 aromatic rings. The third-order valence-corrected chi connectivity index (χ3v) is 2.73. The van der Waals surface area contributed by atoms with Crippen molar-refractivity contribution in [3.63, 3.8) is 0 Å². The van der Waals surface area contributed by atoms with Crippen LogP contribution in [-0.2, 0) is 16.1 Å². The fraction of sp³-hybridized carbons (Fsp3) is 0.667. The molecule has 0 aliphatic carbocycles. The molecular weight excluding hydrogens is 232 g/mol. The number of anilines is 2. The van der Waals surface area contributed by atoms with Gasteiger partial charge in [-0.25, -0.2) is 9.97 Å². The Bertz CT molecular complexity index is 356. The number of morpholine rings is 1. The fourth-order valence-corrected chi connectivity index (χ4v) is 1.90. The van der Waals surface area contributed by atoms with E-state index in [2.05, 4.69) is 20.2 Å². The Labute approximate surface area is 107 Å². The van der Waals surface area contributed by atoms with Crippen molar-refractivity contribution < 1.29 is 9.47 Å². The lowest BCUT2D eigenvalue weighted by atomic mass is 10.4. The zero-order valence-corrected chi connectivity index (χ0v) is 11.0. The molecule has 0 atom stereocenters. The van der Waals surface area contributed by atoms with Gasteiger partial charge in [0.05, 0.1) is 13.2 Å². The summed E-state index contributed by atoms with van der Waals surface area (Å²) in [4.78, 5) is 11.1. The van der Waals surface area contributed by atoms with E-state index in [1.165, 1.54) is 0 Å². The molecule has 0 unspecified atom stereocenters. The van der Waals surface area contributed by atoms with Gasteiger partial charge in [0.25, 0.3) is 0 Å². The highest BCUT2D eigenvalue weighted by Crippen LogP contribution is 2.17. The van der Waals surface area contributed by atoms with Crippen LogP contribution in [0.4, 0.5) is 11.6 Å². The molecule has 0 bridgehead atoms. The molecule has 6 nitrogen and oxygen atoms in total. The highest BCUT2D eigenvalue weighted by atomic mass is 16.5. The van der Waals surface area contributed by atoms with E-state index in [9.17, 15) is 0 Å². The Morgan fingerprint density at radius 3 is 2.83 bits per heavy atom. The van der Waals surface area contributed by atoms with Crippen LogP contribution in [0.15, 0.2) is 6.07 Å². The molecule has 0 saturated carbocycles. The predicted molar refractivity (Wildman–Crippen MR) is 69.9 cm³/mol. The molecule has 2 rings (SSSR count). The van der Waals surface area contributed by atoms with Gasteiger partial charge in [0, 0.05) is 32.8 Å². The van der Waals surface area contributed by atoms with Crippen molar-refractivity contribution in [2.45, 2.75) is 13.5 Å². The molecule has 0 aromatic carbocycles. The monoisotopic (exact) mass is 252 g/mol. The van der Waals surface area contributed by atoms with Crippen molar-refractivity contribution in [2.75, 3.05) is 50.2 Å². The second kappa shape index (κ2) is 6.51. The zero-order valence-electron chi connectivity index (χ0n) is 11.0. The summed E-state index contributed by atoms with van der Waals surface area (Å²) in [6, 6.07) is 1.98. The minimum absolute atomic E-state index is 0.427. The maximum absolute atomic E-state index is 5.35. The molecule has 0 spiro atoms. The lowest BCUT2D eigenvalue weighted by Gasteiger charge is -2.28. The number of nitrogens with one attached hydrogen (secondary N) is 1. The summed E-state index contributed by atoms with van der Waals surface area (Å²) in [6.07, 6.45) is 0. The normalized spacial score (nSPS) is 15.8. The number of hydrogen-bond acceptors (Lipinski definition) is 6. The first-order valence-corrected chi connectivity index (χ1v) is 6.27. The molecule has 1 aliphatic rings. The molecule has 18 heavy (non-hydrogen) atoms. The van der Waals surface area contributed by atoms with Crippen LogP contribution in [0.3, 0.4) is 0 Å². The first-order valence-electron chi connectivity index (χ1n) is 6.27. The van der Waals surface area contributed by atoms with E-state index in [1.807, 2.05) is 13.0 Å². The van der Waals surface area contributed by atoms with Crippen LogP contribution in [0.25, 0.3) is 0 Å². The Balaban J connectivity index is 2.20. The average Bonchev–Trinajstić information content (AvgIpc) is 2.40. The average molecular weight is 252 g/mol. The molecule has 1 aromatic heterocycles. The van der Waals surface area contributed by atoms with Gasteiger partial charge >= 0.3 is 0 Å². The number of ether oxygens (including phenoxy) is 2. The first-order chi connectivity index (χ1) is 8.83. The first kappa shape index (κ1) is 13.0. The van der Waals surface area contributed by atoms with Crippen molar-refractivity contribution in [1.29, 1.82) is 0 Å². The number of nitrogens with zero attached hydrogens (tertiary/aromatic N) is 3. The Hall–Kier alpha value is -1.40. The van der Waals surface area contributed by atoms with Gasteiger partial charge in [-0.1, -0.05) is 0 Å². The van der Waals surface area contributed by atoms with Crippen LogP contribution >= 0.6 is 0 Å². The van der Waals surface area contributed by atoms with E-state index in [-0.39, 0.29) is 0 Å². The summed E-state index contributed by atoms with van der Waals surface area (Å²) in [6.45, 7) is 6.55. The second-order valence-corrected chi connectivity index (χ2v) is 4.09. The second-order valence-electron chi connectivity index (χ2n) is 4.09. The summed E-state index contributed by atoms with van der Waals surface area (Å²) in [5, 5.41) is 3.22. The highest BCUT2D eigenvalue weighted by Gasteiger charge is 2.14. The van der Waals surface area contributed by atoms with Crippen molar-refractivity contribution in [1.82, 2.24) is 9.97 Å². The lowest BCUT2D eigenvalue weighted by molar-refractivity contribution is 0.122. The lowest BCUT2D eigenvalue weighted by Crippen LogP contribution is -2.37. The summed E-state index contributed by atoms with van der Waals surface area (Å²) >= 11 is 0. The molecule has 0 radical (unpaired) electrons. The molecule has 2 heterocycles. The SMILES string of the molecule is CCNc1cc(N2CCOCC2)nc(COC)n1.